The summed E-state index contributed by atoms with van der Waals surface area (Å²) in [7, 11) is 2.03. The number of piperazine rings is 1. The summed E-state index contributed by atoms with van der Waals surface area (Å²) in [4.78, 5) is 31.9. The predicted molar refractivity (Wildman–Crippen MR) is 126 cm³/mol. The number of hydrogen-bond acceptors (Lipinski definition) is 5. The molecule has 8 nitrogen and oxygen atoms in total. The number of aromatic amines is 1. The molecule has 1 aliphatic rings. The Morgan fingerprint density at radius 2 is 1.85 bits per heavy atom. The number of amides is 2. The van der Waals surface area contributed by atoms with Crippen LogP contribution in [0.1, 0.15) is 24.0 Å². The van der Waals surface area contributed by atoms with Gasteiger partial charge in [0.1, 0.15) is 29.8 Å². The Kier molecular flexibility index (Phi) is 6.91. The Balaban J connectivity index is 1.38. The van der Waals surface area contributed by atoms with E-state index in [0.29, 0.717) is 47.7 Å². The lowest BCUT2D eigenvalue weighted by atomic mass is 10.1. The highest BCUT2D eigenvalue weighted by Crippen LogP contribution is 2.29. The maximum atomic E-state index is 12.5. The molecule has 1 saturated heterocycles. The number of likely N-dealkylation sites (N-methyl/N-ethyl adjacent to an activating group) is 1. The van der Waals surface area contributed by atoms with Crippen LogP contribution in [0.4, 0.5) is 5.82 Å². The number of carbonyl (C=O) groups excluding carboxylic acids is 2. The van der Waals surface area contributed by atoms with Crippen molar-refractivity contribution in [2.75, 3.05) is 38.5 Å². The summed E-state index contributed by atoms with van der Waals surface area (Å²) >= 11 is 0. The number of hydrogen-bond donors (Lipinski definition) is 2. The summed E-state index contributed by atoms with van der Waals surface area (Å²) in [5.41, 5.74) is 2.11. The van der Waals surface area contributed by atoms with Gasteiger partial charge >= 0.3 is 0 Å². The second-order valence-electron chi connectivity index (χ2n) is 8.20. The van der Waals surface area contributed by atoms with Crippen molar-refractivity contribution < 1.29 is 14.3 Å². The summed E-state index contributed by atoms with van der Waals surface area (Å²) in [6.07, 6.45) is 0.214. The summed E-state index contributed by atoms with van der Waals surface area (Å²) in [6, 6.07) is 17.4. The van der Waals surface area contributed by atoms with Gasteiger partial charge in [-0.2, -0.15) is 5.26 Å². The van der Waals surface area contributed by atoms with Gasteiger partial charge < -0.3 is 24.8 Å². The average Bonchev–Trinajstić information content (AvgIpc) is 3.18. The van der Waals surface area contributed by atoms with E-state index in [2.05, 4.69) is 21.3 Å². The predicted octanol–water partition coefficient (Wildman–Crippen LogP) is 3.11. The molecule has 0 radical (unpaired) electrons. The number of H-pyrrole nitrogens is 1. The van der Waals surface area contributed by atoms with Gasteiger partial charge in [0, 0.05) is 50.5 Å². The number of anilines is 1. The molecule has 0 bridgehead atoms. The van der Waals surface area contributed by atoms with E-state index in [0.717, 1.165) is 18.7 Å². The normalized spacial score (nSPS) is 14.1. The van der Waals surface area contributed by atoms with E-state index in [9.17, 15) is 14.9 Å². The lowest BCUT2D eigenvalue weighted by molar-refractivity contribution is -0.134. The monoisotopic (exact) mass is 445 g/mol. The molecule has 2 N–H and O–H groups in total. The molecular formula is C25H27N5O3. The molecule has 1 aliphatic heterocycles. The molecule has 2 amide bonds. The lowest BCUT2D eigenvalue weighted by Gasteiger charge is -2.32. The number of carbonyl (C=O) groups is 2. The van der Waals surface area contributed by atoms with Crippen molar-refractivity contribution in [3.05, 3.63) is 59.7 Å². The first-order valence-corrected chi connectivity index (χ1v) is 11.0. The third kappa shape index (κ3) is 5.51. The maximum Gasteiger partial charge on any atom is 0.226 e. The summed E-state index contributed by atoms with van der Waals surface area (Å²) in [5, 5.41) is 13.1. The Morgan fingerprint density at radius 1 is 1.09 bits per heavy atom. The molecule has 0 saturated carbocycles. The van der Waals surface area contributed by atoms with Gasteiger partial charge in [-0.15, -0.1) is 0 Å². The van der Waals surface area contributed by atoms with Crippen LogP contribution >= 0.6 is 0 Å². The number of nitrogens with zero attached hydrogens (tertiary/aromatic N) is 3. The fourth-order valence-electron chi connectivity index (χ4n) is 3.85. The van der Waals surface area contributed by atoms with Crippen LogP contribution in [0.15, 0.2) is 48.5 Å². The van der Waals surface area contributed by atoms with Crippen LogP contribution < -0.4 is 10.1 Å². The van der Waals surface area contributed by atoms with Crippen molar-refractivity contribution in [1.29, 1.82) is 5.26 Å². The van der Waals surface area contributed by atoms with Crippen molar-refractivity contribution >= 4 is 28.5 Å². The molecule has 1 aromatic heterocycles. The van der Waals surface area contributed by atoms with Crippen LogP contribution in [0, 0.1) is 11.3 Å². The van der Waals surface area contributed by atoms with E-state index in [-0.39, 0.29) is 24.7 Å². The molecular weight excluding hydrogens is 418 g/mol. The number of nitrogens with one attached hydrogen (secondary N) is 2. The van der Waals surface area contributed by atoms with Crippen molar-refractivity contribution in [2.24, 2.45) is 0 Å². The van der Waals surface area contributed by atoms with Crippen LogP contribution in [-0.2, 0) is 16.2 Å². The van der Waals surface area contributed by atoms with E-state index in [1.165, 1.54) is 0 Å². The SMILES string of the molecule is CN1CCN(C(=O)CCC(=O)Nc2[nH]c3cc(OCc4ccccc4)ccc3c2C#N)CC1. The zero-order chi connectivity index (χ0) is 23.2. The number of nitriles is 1. The zero-order valence-electron chi connectivity index (χ0n) is 18.6. The molecule has 0 atom stereocenters. The van der Waals surface area contributed by atoms with Crippen LogP contribution in [0.2, 0.25) is 0 Å². The number of fused-ring (bicyclic) bond motifs is 1. The highest BCUT2D eigenvalue weighted by molar-refractivity contribution is 5.99. The first-order valence-electron chi connectivity index (χ1n) is 11.0. The highest BCUT2D eigenvalue weighted by Gasteiger charge is 2.20. The van der Waals surface area contributed by atoms with Crippen molar-refractivity contribution in [3.63, 3.8) is 0 Å². The average molecular weight is 446 g/mol. The van der Waals surface area contributed by atoms with Crippen LogP contribution in [0.25, 0.3) is 10.9 Å². The molecule has 33 heavy (non-hydrogen) atoms. The third-order valence-electron chi connectivity index (χ3n) is 5.82. The number of benzene rings is 2. The van der Waals surface area contributed by atoms with E-state index >= 15 is 0 Å². The number of aromatic nitrogens is 1. The quantitative estimate of drug-likeness (QED) is 0.582. The van der Waals surface area contributed by atoms with Gasteiger partial charge in [-0.25, -0.2) is 0 Å². The fraction of sp³-hybridized carbons (Fsp3) is 0.320. The Hall–Kier alpha value is -3.83. The summed E-state index contributed by atoms with van der Waals surface area (Å²) in [6.45, 7) is 3.49. The smallest absolute Gasteiger partial charge is 0.226 e. The minimum absolute atomic E-state index is 0.0180. The molecule has 0 spiro atoms. The molecule has 2 heterocycles. The second-order valence-corrected chi connectivity index (χ2v) is 8.20. The fourth-order valence-corrected chi connectivity index (χ4v) is 3.85. The third-order valence-corrected chi connectivity index (χ3v) is 5.82. The topological polar surface area (TPSA) is 101 Å². The summed E-state index contributed by atoms with van der Waals surface area (Å²) in [5.74, 6) is 0.675. The van der Waals surface area contributed by atoms with E-state index in [4.69, 9.17) is 4.74 Å². The Labute approximate surface area is 192 Å². The molecule has 0 aliphatic carbocycles. The standard InChI is InChI=1S/C25H27N5O3/c1-29-11-13-30(14-12-29)24(32)10-9-23(31)28-25-21(16-26)20-8-7-19(15-22(20)27-25)33-17-18-5-3-2-4-6-18/h2-8,15,27H,9-14,17H2,1H3,(H,28,31). The van der Waals surface area contributed by atoms with E-state index < -0.39 is 0 Å². The van der Waals surface area contributed by atoms with E-state index in [1.54, 1.807) is 17.0 Å². The van der Waals surface area contributed by atoms with Gasteiger partial charge in [0.2, 0.25) is 11.8 Å². The minimum atomic E-state index is -0.305. The van der Waals surface area contributed by atoms with Crippen LogP contribution in [-0.4, -0.2) is 59.8 Å². The molecule has 8 heteroatoms. The van der Waals surface area contributed by atoms with Gasteiger partial charge in [-0.1, -0.05) is 30.3 Å². The number of rotatable bonds is 7. The molecule has 4 rings (SSSR count). The van der Waals surface area contributed by atoms with E-state index in [1.807, 2.05) is 43.4 Å². The first kappa shape index (κ1) is 22.4. The van der Waals surface area contributed by atoms with Crippen LogP contribution in [0.3, 0.4) is 0 Å². The lowest BCUT2D eigenvalue weighted by Crippen LogP contribution is -2.47. The highest BCUT2D eigenvalue weighted by atomic mass is 16.5. The summed E-state index contributed by atoms with van der Waals surface area (Å²) < 4.78 is 5.86. The Morgan fingerprint density at radius 3 is 2.58 bits per heavy atom. The minimum Gasteiger partial charge on any atom is -0.489 e. The van der Waals surface area contributed by atoms with Crippen molar-refractivity contribution in [2.45, 2.75) is 19.4 Å². The molecule has 2 aromatic carbocycles. The zero-order valence-corrected chi connectivity index (χ0v) is 18.6. The van der Waals surface area contributed by atoms with Crippen molar-refractivity contribution in [1.82, 2.24) is 14.8 Å². The van der Waals surface area contributed by atoms with Gasteiger partial charge in [0.05, 0.1) is 5.52 Å². The molecule has 170 valence electrons. The maximum absolute atomic E-state index is 12.5. The molecule has 0 unspecified atom stereocenters. The van der Waals surface area contributed by atoms with Crippen LogP contribution in [0.5, 0.6) is 5.75 Å². The largest absolute Gasteiger partial charge is 0.489 e. The first-order chi connectivity index (χ1) is 16.0. The van der Waals surface area contributed by atoms with Crippen molar-refractivity contribution in [3.8, 4) is 11.8 Å². The molecule has 1 fully saturated rings. The van der Waals surface area contributed by atoms with Gasteiger partial charge in [-0.05, 0) is 24.7 Å². The van der Waals surface area contributed by atoms with Gasteiger partial charge in [0.15, 0.2) is 0 Å². The van der Waals surface area contributed by atoms with Gasteiger partial charge in [-0.3, -0.25) is 9.59 Å². The van der Waals surface area contributed by atoms with Gasteiger partial charge in [0.25, 0.3) is 0 Å². The molecule has 3 aromatic rings. The second kappa shape index (κ2) is 10.2. The number of ether oxygens (including phenoxy) is 1. The Bertz CT molecular complexity index is 1170.